The number of benzene rings is 2. The Hall–Kier alpha value is -2.33. The minimum Gasteiger partial charge on any atom is -0.376 e. The first-order valence-corrected chi connectivity index (χ1v) is 12.3. The third-order valence-electron chi connectivity index (χ3n) is 5.30. The van der Waals surface area contributed by atoms with E-state index in [1.54, 1.807) is 17.0 Å². The van der Waals surface area contributed by atoms with Gasteiger partial charge < -0.3 is 4.74 Å². The van der Waals surface area contributed by atoms with Crippen LogP contribution in [0.5, 0.6) is 0 Å². The predicted octanol–water partition coefficient (Wildman–Crippen LogP) is 3.68. The summed E-state index contributed by atoms with van der Waals surface area (Å²) in [5, 5.41) is 0.617. The molecule has 9 heteroatoms. The molecule has 3 aromatic rings. The smallest absolute Gasteiger partial charge is 0.260 e. The SMILES string of the molecule is Cc1ccc2nc(N(CC3CCCO3)C(=O)c3ccc(S(=O)(=O)N(C)C)cc3)sc2c1. The largest absolute Gasteiger partial charge is 0.376 e. The van der Waals surface area contributed by atoms with Crippen LogP contribution in [0.4, 0.5) is 5.13 Å². The van der Waals surface area contributed by atoms with E-state index in [9.17, 15) is 13.2 Å². The standard InChI is InChI=1S/C22H25N3O4S2/c1-15-6-11-19-20(13-15)30-22(23-19)25(14-17-5-4-12-29-17)21(26)16-7-9-18(10-8-16)31(27,28)24(2)3/h6-11,13,17H,4-5,12,14H2,1-3H3. The van der Waals surface area contributed by atoms with Crippen LogP contribution in [0.3, 0.4) is 0 Å². The molecular weight excluding hydrogens is 434 g/mol. The molecule has 1 unspecified atom stereocenters. The van der Waals surface area contributed by atoms with Crippen LogP contribution in [0.2, 0.25) is 0 Å². The number of amides is 1. The lowest BCUT2D eigenvalue weighted by Crippen LogP contribution is -2.37. The fourth-order valence-electron chi connectivity index (χ4n) is 3.51. The minimum absolute atomic E-state index is 0.0360. The van der Waals surface area contributed by atoms with E-state index in [0.29, 0.717) is 23.8 Å². The van der Waals surface area contributed by atoms with Gasteiger partial charge in [-0.05, 0) is 61.7 Å². The van der Waals surface area contributed by atoms with Gasteiger partial charge in [-0.2, -0.15) is 0 Å². The zero-order chi connectivity index (χ0) is 22.2. The molecule has 7 nitrogen and oxygen atoms in total. The quantitative estimate of drug-likeness (QED) is 0.562. The van der Waals surface area contributed by atoms with Gasteiger partial charge in [0.1, 0.15) is 0 Å². The Morgan fingerprint density at radius 2 is 1.94 bits per heavy atom. The number of ether oxygens (including phenoxy) is 1. The van der Waals surface area contributed by atoms with Crippen LogP contribution in [0.15, 0.2) is 47.4 Å². The van der Waals surface area contributed by atoms with E-state index in [-0.39, 0.29) is 16.9 Å². The average molecular weight is 460 g/mol. The van der Waals surface area contributed by atoms with Crippen molar-refractivity contribution < 1.29 is 17.9 Å². The van der Waals surface area contributed by atoms with Crippen molar-refractivity contribution in [1.29, 1.82) is 0 Å². The van der Waals surface area contributed by atoms with Gasteiger partial charge in [0, 0.05) is 26.3 Å². The second-order valence-electron chi connectivity index (χ2n) is 7.83. The van der Waals surface area contributed by atoms with E-state index >= 15 is 0 Å². The van der Waals surface area contributed by atoms with Crippen molar-refractivity contribution in [2.24, 2.45) is 0 Å². The van der Waals surface area contributed by atoms with E-state index in [4.69, 9.17) is 4.74 Å². The number of fused-ring (bicyclic) bond motifs is 1. The minimum atomic E-state index is -3.55. The van der Waals surface area contributed by atoms with Crippen molar-refractivity contribution in [3.63, 3.8) is 0 Å². The van der Waals surface area contributed by atoms with Crippen molar-refractivity contribution in [1.82, 2.24) is 9.29 Å². The Kier molecular flexibility index (Phi) is 6.11. The van der Waals surface area contributed by atoms with Gasteiger partial charge >= 0.3 is 0 Å². The molecule has 0 radical (unpaired) electrons. The van der Waals surface area contributed by atoms with Crippen LogP contribution in [0, 0.1) is 6.92 Å². The molecule has 1 saturated heterocycles. The molecule has 4 rings (SSSR count). The van der Waals surface area contributed by atoms with Gasteiger partial charge in [0.25, 0.3) is 5.91 Å². The number of rotatable bonds is 6. The first kappa shape index (κ1) is 21.9. The second-order valence-corrected chi connectivity index (χ2v) is 11.0. The molecule has 0 bridgehead atoms. The molecule has 164 valence electrons. The van der Waals surface area contributed by atoms with Crippen molar-refractivity contribution in [3.05, 3.63) is 53.6 Å². The van der Waals surface area contributed by atoms with Gasteiger partial charge in [-0.3, -0.25) is 9.69 Å². The van der Waals surface area contributed by atoms with E-state index in [1.165, 1.54) is 37.6 Å². The third kappa shape index (κ3) is 4.50. The lowest BCUT2D eigenvalue weighted by Gasteiger charge is -2.23. The number of hydrogen-bond acceptors (Lipinski definition) is 6. The van der Waals surface area contributed by atoms with E-state index in [0.717, 1.165) is 32.9 Å². The first-order valence-electron chi connectivity index (χ1n) is 10.1. The van der Waals surface area contributed by atoms with Crippen molar-refractivity contribution in [3.8, 4) is 0 Å². The van der Waals surface area contributed by atoms with Gasteiger partial charge in [-0.1, -0.05) is 17.4 Å². The van der Waals surface area contributed by atoms with Gasteiger partial charge in [0.05, 0.1) is 27.8 Å². The Balaban J connectivity index is 1.68. The summed E-state index contributed by atoms with van der Waals surface area (Å²) in [6, 6.07) is 12.1. The summed E-state index contributed by atoms with van der Waals surface area (Å²) in [5.41, 5.74) is 2.40. The number of hydrogen-bond donors (Lipinski definition) is 0. The molecule has 1 aliphatic heterocycles. The highest BCUT2D eigenvalue weighted by Gasteiger charge is 2.27. The summed E-state index contributed by atoms with van der Waals surface area (Å²) in [6.45, 7) is 3.13. The van der Waals surface area contributed by atoms with Crippen molar-refractivity contribution in [2.45, 2.75) is 30.8 Å². The molecule has 1 atom stereocenters. The summed E-state index contributed by atoms with van der Waals surface area (Å²) in [5.74, 6) is -0.222. The second kappa shape index (κ2) is 8.66. The summed E-state index contributed by atoms with van der Waals surface area (Å²) < 4.78 is 32.6. The molecular formula is C22H25N3O4S2. The van der Waals surface area contributed by atoms with Crippen LogP contribution in [-0.4, -0.2) is 57.0 Å². The lowest BCUT2D eigenvalue weighted by molar-refractivity contribution is 0.0917. The van der Waals surface area contributed by atoms with E-state index in [1.807, 2.05) is 19.1 Å². The van der Waals surface area contributed by atoms with Crippen molar-refractivity contribution in [2.75, 3.05) is 32.1 Å². The number of aromatic nitrogens is 1. The maximum atomic E-state index is 13.4. The molecule has 0 N–H and O–H groups in total. The molecule has 2 aromatic carbocycles. The maximum Gasteiger partial charge on any atom is 0.260 e. The summed E-state index contributed by atoms with van der Waals surface area (Å²) in [4.78, 5) is 19.9. The zero-order valence-electron chi connectivity index (χ0n) is 17.7. The number of thiazole rings is 1. The zero-order valence-corrected chi connectivity index (χ0v) is 19.4. The Bertz CT molecular complexity index is 1200. The van der Waals surface area contributed by atoms with Crippen LogP contribution in [-0.2, 0) is 14.8 Å². The highest BCUT2D eigenvalue weighted by Crippen LogP contribution is 2.31. The number of aryl methyl sites for hydroxylation is 1. The topological polar surface area (TPSA) is 79.8 Å². The van der Waals surface area contributed by atoms with Crippen LogP contribution in [0.25, 0.3) is 10.2 Å². The number of anilines is 1. The third-order valence-corrected chi connectivity index (χ3v) is 8.17. The summed E-state index contributed by atoms with van der Waals surface area (Å²) in [6.07, 6.45) is 1.84. The fourth-order valence-corrected chi connectivity index (χ4v) is 5.48. The van der Waals surface area contributed by atoms with Crippen LogP contribution in [0.1, 0.15) is 28.8 Å². The molecule has 0 aliphatic carbocycles. The Labute approximate surface area is 186 Å². The summed E-state index contributed by atoms with van der Waals surface area (Å²) in [7, 11) is -0.596. The van der Waals surface area contributed by atoms with E-state index in [2.05, 4.69) is 11.1 Å². The summed E-state index contributed by atoms with van der Waals surface area (Å²) >= 11 is 1.47. The first-order chi connectivity index (χ1) is 14.8. The molecule has 1 amide bonds. The normalized spacial score (nSPS) is 16.8. The molecule has 31 heavy (non-hydrogen) atoms. The Morgan fingerprint density at radius 3 is 2.58 bits per heavy atom. The highest BCUT2D eigenvalue weighted by molar-refractivity contribution is 7.89. The number of carbonyl (C=O) groups excluding carboxylic acids is 1. The maximum absolute atomic E-state index is 13.4. The number of nitrogens with zero attached hydrogens (tertiary/aromatic N) is 3. The van der Waals surface area contributed by atoms with Gasteiger partial charge in [-0.25, -0.2) is 17.7 Å². The molecule has 1 aromatic heterocycles. The monoisotopic (exact) mass is 459 g/mol. The van der Waals surface area contributed by atoms with Crippen LogP contribution >= 0.6 is 11.3 Å². The van der Waals surface area contributed by atoms with Crippen LogP contribution < -0.4 is 4.90 Å². The predicted molar refractivity (Wildman–Crippen MR) is 122 cm³/mol. The van der Waals surface area contributed by atoms with Crippen molar-refractivity contribution >= 4 is 42.6 Å². The molecule has 2 heterocycles. The highest BCUT2D eigenvalue weighted by atomic mass is 32.2. The molecule has 1 aliphatic rings. The van der Waals surface area contributed by atoms with E-state index < -0.39 is 10.0 Å². The fraction of sp³-hybridized carbons (Fsp3) is 0.364. The molecule has 0 saturated carbocycles. The van der Waals surface area contributed by atoms with Gasteiger partial charge in [0.2, 0.25) is 10.0 Å². The van der Waals surface area contributed by atoms with Gasteiger partial charge in [0.15, 0.2) is 5.13 Å². The number of carbonyl (C=O) groups is 1. The molecule has 1 fully saturated rings. The molecule has 0 spiro atoms. The number of sulfonamides is 1. The van der Waals surface area contributed by atoms with Gasteiger partial charge in [-0.15, -0.1) is 0 Å². The average Bonchev–Trinajstić information content (AvgIpc) is 3.40. The lowest BCUT2D eigenvalue weighted by atomic mass is 10.2. The Morgan fingerprint density at radius 1 is 1.19 bits per heavy atom.